The first-order valence-corrected chi connectivity index (χ1v) is 8.15. The highest BCUT2D eigenvalue weighted by Crippen LogP contribution is 2.21. The number of nitrogens with zero attached hydrogens (tertiary/aromatic N) is 2. The third-order valence-corrected chi connectivity index (χ3v) is 3.73. The molecule has 0 aliphatic carbocycles. The van der Waals surface area contributed by atoms with E-state index in [2.05, 4.69) is 58.7 Å². The fraction of sp³-hybridized carbons (Fsp3) is 0.200. The summed E-state index contributed by atoms with van der Waals surface area (Å²) in [5.41, 5.74) is 4.21. The molecule has 0 unspecified atom stereocenters. The second-order valence-corrected chi connectivity index (χ2v) is 6.11. The normalized spacial score (nSPS) is 10.7. The van der Waals surface area contributed by atoms with Crippen LogP contribution < -0.4 is 10.6 Å². The van der Waals surface area contributed by atoms with Gasteiger partial charge in [0.05, 0.1) is 0 Å². The van der Waals surface area contributed by atoms with E-state index in [0.29, 0.717) is 11.9 Å². The lowest BCUT2D eigenvalue weighted by Crippen LogP contribution is -2.02. The quantitative estimate of drug-likeness (QED) is 0.661. The lowest BCUT2D eigenvalue weighted by molar-refractivity contribution is 0.867. The van der Waals surface area contributed by atoms with Gasteiger partial charge < -0.3 is 10.6 Å². The Morgan fingerprint density at radius 1 is 0.792 bits per heavy atom. The Morgan fingerprint density at radius 2 is 1.46 bits per heavy atom. The maximum atomic E-state index is 4.55. The van der Waals surface area contributed by atoms with Crippen LogP contribution in [0.4, 0.5) is 23.1 Å². The molecule has 3 aromatic rings. The standard InChI is InChI=1S/C20H22N4/c1-14(2)16-9-11-18(12-10-16)23-20-21-15(3)13-19(24-20)22-17-7-5-4-6-8-17/h4-14H,1-3H3,(H2,21,22,23,24). The van der Waals surface area contributed by atoms with Crippen molar-refractivity contribution in [3.63, 3.8) is 0 Å². The zero-order valence-corrected chi connectivity index (χ0v) is 14.2. The SMILES string of the molecule is Cc1cc(Nc2ccccc2)nc(Nc2ccc(C(C)C)cc2)n1. The number of nitrogens with one attached hydrogen (secondary N) is 2. The summed E-state index contributed by atoms with van der Waals surface area (Å²) in [5, 5.41) is 6.58. The number of hydrogen-bond acceptors (Lipinski definition) is 4. The summed E-state index contributed by atoms with van der Waals surface area (Å²) in [6.07, 6.45) is 0. The van der Waals surface area contributed by atoms with Crippen molar-refractivity contribution in [1.82, 2.24) is 9.97 Å². The molecule has 0 aliphatic heterocycles. The van der Waals surface area contributed by atoms with Gasteiger partial charge in [-0.05, 0) is 42.7 Å². The zero-order valence-electron chi connectivity index (χ0n) is 14.2. The first-order valence-electron chi connectivity index (χ1n) is 8.15. The molecule has 0 atom stereocenters. The summed E-state index contributed by atoms with van der Waals surface area (Å²) in [5.74, 6) is 1.89. The van der Waals surface area contributed by atoms with E-state index in [9.17, 15) is 0 Å². The molecule has 0 bridgehead atoms. The molecule has 0 saturated heterocycles. The first-order chi connectivity index (χ1) is 11.6. The molecular formula is C20H22N4. The van der Waals surface area contributed by atoms with Crippen molar-refractivity contribution >= 4 is 23.1 Å². The van der Waals surface area contributed by atoms with Crippen molar-refractivity contribution in [2.24, 2.45) is 0 Å². The van der Waals surface area contributed by atoms with Crippen LogP contribution in [0.2, 0.25) is 0 Å². The minimum absolute atomic E-state index is 0.524. The van der Waals surface area contributed by atoms with Crippen LogP contribution in [-0.4, -0.2) is 9.97 Å². The van der Waals surface area contributed by atoms with Gasteiger partial charge in [0.25, 0.3) is 0 Å². The number of para-hydroxylation sites is 1. The Balaban J connectivity index is 1.78. The maximum Gasteiger partial charge on any atom is 0.229 e. The molecule has 2 aromatic carbocycles. The van der Waals surface area contributed by atoms with Gasteiger partial charge in [-0.15, -0.1) is 0 Å². The minimum atomic E-state index is 0.524. The highest BCUT2D eigenvalue weighted by molar-refractivity contribution is 5.60. The van der Waals surface area contributed by atoms with Crippen LogP contribution in [0.25, 0.3) is 0 Å². The number of rotatable bonds is 5. The van der Waals surface area contributed by atoms with E-state index >= 15 is 0 Å². The average molecular weight is 318 g/mol. The molecule has 0 spiro atoms. The first kappa shape index (κ1) is 16.0. The van der Waals surface area contributed by atoms with Crippen LogP contribution >= 0.6 is 0 Å². The van der Waals surface area contributed by atoms with Crippen LogP contribution in [0.5, 0.6) is 0 Å². The molecule has 4 heteroatoms. The molecule has 0 aliphatic rings. The molecule has 1 aromatic heterocycles. The highest BCUT2D eigenvalue weighted by Gasteiger charge is 2.04. The zero-order chi connectivity index (χ0) is 16.9. The molecule has 0 radical (unpaired) electrons. The number of anilines is 4. The average Bonchev–Trinajstić information content (AvgIpc) is 2.55. The van der Waals surface area contributed by atoms with Gasteiger partial charge in [0.1, 0.15) is 5.82 Å². The summed E-state index contributed by atoms with van der Waals surface area (Å²) in [4.78, 5) is 9.01. The molecule has 24 heavy (non-hydrogen) atoms. The van der Waals surface area contributed by atoms with E-state index in [1.807, 2.05) is 43.3 Å². The molecule has 1 heterocycles. The second kappa shape index (κ2) is 7.13. The molecule has 0 saturated carbocycles. The molecule has 4 nitrogen and oxygen atoms in total. The summed E-state index contributed by atoms with van der Waals surface area (Å²) in [6.45, 7) is 6.34. The van der Waals surface area contributed by atoms with Crippen molar-refractivity contribution < 1.29 is 0 Å². The molecule has 2 N–H and O–H groups in total. The monoisotopic (exact) mass is 318 g/mol. The van der Waals surface area contributed by atoms with E-state index in [0.717, 1.165) is 22.9 Å². The number of hydrogen-bond donors (Lipinski definition) is 2. The van der Waals surface area contributed by atoms with Crippen LogP contribution in [-0.2, 0) is 0 Å². The molecular weight excluding hydrogens is 296 g/mol. The van der Waals surface area contributed by atoms with E-state index in [1.165, 1.54) is 5.56 Å². The van der Waals surface area contributed by atoms with Crippen molar-refractivity contribution in [2.45, 2.75) is 26.7 Å². The predicted molar refractivity (Wildman–Crippen MR) is 100 cm³/mol. The summed E-state index contributed by atoms with van der Waals surface area (Å²) in [7, 11) is 0. The third-order valence-electron chi connectivity index (χ3n) is 3.73. The smallest absolute Gasteiger partial charge is 0.229 e. The van der Waals surface area contributed by atoms with E-state index in [1.54, 1.807) is 0 Å². The van der Waals surface area contributed by atoms with E-state index in [-0.39, 0.29) is 0 Å². The summed E-state index contributed by atoms with van der Waals surface area (Å²) >= 11 is 0. The van der Waals surface area contributed by atoms with Gasteiger partial charge in [-0.25, -0.2) is 4.98 Å². The van der Waals surface area contributed by atoms with Gasteiger partial charge in [0.15, 0.2) is 0 Å². The van der Waals surface area contributed by atoms with Crippen molar-refractivity contribution in [3.8, 4) is 0 Å². The lowest BCUT2D eigenvalue weighted by Gasteiger charge is -2.11. The van der Waals surface area contributed by atoms with Gasteiger partial charge in [0.2, 0.25) is 5.95 Å². The van der Waals surface area contributed by atoms with Gasteiger partial charge in [-0.2, -0.15) is 4.98 Å². The van der Waals surface area contributed by atoms with Crippen LogP contribution in [0, 0.1) is 6.92 Å². The Labute approximate surface area is 143 Å². The number of aryl methyl sites for hydroxylation is 1. The number of aromatic nitrogens is 2. The van der Waals surface area contributed by atoms with Gasteiger partial charge in [-0.1, -0.05) is 44.2 Å². The van der Waals surface area contributed by atoms with Crippen LogP contribution in [0.1, 0.15) is 31.0 Å². The van der Waals surface area contributed by atoms with Crippen molar-refractivity contribution in [3.05, 3.63) is 71.9 Å². The fourth-order valence-corrected chi connectivity index (χ4v) is 2.44. The van der Waals surface area contributed by atoms with E-state index < -0.39 is 0 Å². The topological polar surface area (TPSA) is 49.8 Å². The molecule has 122 valence electrons. The third kappa shape index (κ3) is 4.10. The van der Waals surface area contributed by atoms with Gasteiger partial charge >= 0.3 is 0 Å². The second-order valence-electron chi connectivity index (χ2n) is 6.11. The maximum absolute atomic E-state index is 4.55. The molecule has 3 rings (SSSR count). The van der Waals surface area contributed by atoms with Crippen molar-refractivity contribution in [1.29, 1.82) is 0 Å². The van der Waals surface area contributed by atoms with E-state index in [4.69, 9.17) is 0 Å². The van der Waals surface area contributed by atoms with Crippen LogP contribution in [0.3, 0.4) is 0 Å². The Morgan fingerprint density at radius 3 is 2.12 bits per heavy atom. The Hall–Kier alpha value is -2.88. The molecule has 0 amide bonds. The summed E-state index contributed by atoms with van der Waals surface area (Å²) in [6, 6.07) is 20.3. The fourth-order valence-electron chi connectivity index (χ4n) is 2.44. The number of benzene rings is 2. The highest BCUT2D eigenvalue weighted by atomic mass is 15.1. The largest absolute Gasteiger partial charge is 0.340 e. The predicted octanol–water partition coefficient (Wildman–Crippen LogP) is 5.40. The minimum Gasteiger partial charge on any atom is -0.340 e. The lowest BCUT2D eigenvalue weighted by atomic mass is 10.0. The van der Waals surface area contributed by atoms with Crippen molar-refractivity contribution in [2.75, 3.05) is 10.6 Å². The van der Waals surface area contributed by atoms with Crippen LogP contribution in [0.15, 0.2) is 60.7 Å². The Kier molecular flexibility index (Phi) is 4.75. The van der Waals surface area contributed by atoms with Gasteiger partial charge in [0, 0.05) is 23.1 Å². The Bertz CT molecular complexity index is 796. The summed E-state index contributed by atoms with van der Waals surface area (Å²) < 4.78 is 0. The molecule has 0 fully saturated rings. The van der Waals surface area contributed by atoms with Gasteiger partial charge in [-0.3, -0.25) is 0 Å².